The maximum absolute atomic E-state index is 6.47. The number of rotatable bonds is 3. The van der Waals surface area contributed by atoms with Crippen LogP contribution in [-0.4, -0.2) is 9.55 Å². The van der Waals surface area contributed by atoms with Gasteiger partial charge in [0.15, 0.2) is 0 Å². The summed E-state index contributed by atoms with van der Waals surface area (Å²) in [4.78, 5) is 5.01. The van der Waals surface area contributed by atoms with Crippen LogP contribution in [0.5, 0.6) is 0 Å². The lowest BCUT2D eigenvalue weighted by atomic mass is 9.88. The summed E-state index contributed by atoms with van der Waals surface area (Å²) < 4.78 is 2.31. The molecule has 1 aromatic heterocycles. The Labute approximate surface area is 124 Å². The molecular formula is C17H31N3. The first-order chi connectivity index (χ1) is 9.36. The van der Waals surface area contributed by atoms with Crippen molar-refractivity contribution in [1.29, 1.82) is 0 Å². The lowest BCUT2D eigenvalue weighted by Gasteiger charge is -2.29. The maximum atomic E-state index is 6.47. The average Bonchev–Trinajstić information content (AvgIpc) is 2.76. The molecule has 0 aromatic carbocycles. The summed E-state index contributed by atoms with van der Waals surface area (Å²) >= 11 is 0. The van der Waals surface area contributed by atoms with Gasteiger partial charge in [0.25, 0.3) is 0 Å². The van der Waals surface area contributed by atoms with E-state index in [1.807, 2.05) is 0 Å². The van der Waals surface area contributed by atoms with Crippen molar-refractivity contribution in [3.05, 3.63) is 11.5 Å². The normalized spacial score (nSPS) is 19.2. The molecule has 114 valence electrons. The van der Waals surface area contributed by atoms with Gasteiger partial charge in [-0.05, 0) is 40.0 Å². The SMILES string of the molecule is CCC(C)c1nc(C2CCCCC2)n(C(C)(C)C)c1N. The number of nitrogen functional groups attached to an aromatic ring is 1. The van der Waals surface area contributed by atoms with Crippen molar-refractivity contribution < 1.29 is 0 Å². The van der Waals surface area contributed by atoms with Crippen LogP contribution in [0.1, 0.15) is 96.5 Å². The third-order valence-electron chi connectivity index (χ3n) is 4.69. The standard InChI is InChI=1S/C17H31N3/c1-6-12(2)14-15(18)20(17(3,4)5)16(19-14)13-10-8-7-9-11-13/h12-13H,6-11,18H2,1-5H3. The highest BCUT2D eigenvalue weighted by Gasteiger charge is 2.30. The van der Waals surface area contributed by atoms with Crippen molar-refractivity contribution in [3.8, 4) is 0 Å². The van der Waals surface area contributed by atoms with Crippen molar-refractivity contribution in [2.75, 3.05) is 5.73 Å². The predicted molar refractivity (Wildman–Crippen MR) is 86.2 cm³/mol. The Kier molecular flexibility index (Phi) is 4.46. The Bertz CT molecular complexity index is 448. The Morgan fingerprint density at radius 3 is 2.35 bits per heavy atom. The molecule has 1 unspecified atom stereocenters. The zero-order valence-electron chi connectivity index (χ0n) is 13.9. The molecule has 1 fully saturated rings. The molecule has 0 bridgehead atoms. The fourth-order valence-electron chi connectivity index (χ4n) is 3.36. The molecule has 1 aliphatic rings. The smallest absolute Gasteiger partial charge is 0.127 e. The van der Waals surface area contributed by atoms with E-state index in [0.717, 1.165) is 17.9 Å². The number of imidazole rings is 1. The van der Waals surface area contributed by atoms with Gasteiger partial charge >= 0.3 is 0 Å². The molecule has 3 heteroatoms. The third kappa shape index (κ3) is 2.87. The van der Waals surface area contributed by atoms with Gasteiger partial charge in [-0.2, -0.15) is 0 Å². The molecule has 2 rings (SSSR count). The van der Waals surface area contributed by atoms with Crippen LogP contribution in [0.15, 0.2) is 0 Å². The summed E-state index contributed by atoms with van der Waals surface area (Å²) in [7, 11) is 0. The molecule has 0 radical (unpaired) electrons. The second-order valence-electron chi connectivity index (χ2n) is 7.39. The van der Waals surface area contributed by atoms with Crippen molar-refractivity contribution in [2.45, 2.75) is 90.5 Å². The first kappa shape index (κ1) is 15.4. The molecule has 1 aliphatic carbocycles. The van der Waals surface area contributed by atoms with Crippen molar-refractivity contribution in [2.24, 2.45) is 0 Å². The molecule has 2 N–H and O–H groups in total. The van der Waals surface area contributed by atoms with Gasteiger partial charge in [0.2, 0.25) is 0 Å². The van der Waals surface area contributed by atoms with Crippen LogP contribution in [0.2, 0.25) is 0 Å². The van der Waals surface area contributed by atoms with Gasteiger partial charge in [0.05, 0.1) is 5.69 Å². The topological polar surface area (TPSA) is 43.8 Å². The van der Waals surface area contributed by atoms with Crippen molar-refractivity contribution in [3.63, 3.8) is 0 Å². The first-order valence-corrected chi connectivity index (χ1v) is 8.24. The van der Waals surface area contributed by atoms with Gasteiger partial charge in [0, 0.05) is 17.4 Å². The molecule has 1 saturated carbocycles. The second kappa shape index (κ2) is 5.79. The van der Waals surface area contributed by atoms with E-state index in [0.29, 0.717) is 11.8 Å². The largest absolute Gasteiger partial charge is 0.384 e. The molecule has 0 saturated heterocycles. The number of aromatic nitrogens is 2. The van der Waals surface area contributed by atoms with E-state index in [-0.39, 0.29) is 5.54 Å². The average molecular weight is 277 g/mol. The van der Waals surface area contributed by atoms with E-state index < -0.39 is 0 Å². The number of nitrogens with two attached hydrogens (primary N) is 1. The fraction of sp³-hybridized carbons (Fsp3) is 0.824. The highest BCUT2D eigenvalue weighted by molar-refractivity contribution is 5.42. The van der Waals surface area contributed by atoms with Gasteiger partial charge in [-0.15, -0.1) is 0 Å². The fourth-order valence-corrected chi connectivity index (χ4v) is 3.36. The van der Waals surface area contributed by atoms with Crippen LogP contribution in [-0.2, 0) is 5.54 Å². The molecule has 0 aliphatic heterocycles. The lowest BCUT2D eigenvalue weighted by molar-refractivity contribution is 0.349. The summed E-state index contributed by atoms with van der Waals surface area (Å²) in [5.74, 6) is 3.18. The molecule has 20 heavy (non-hydrogen) atoms. The third-order valence-corrected chi connectivity index (χ3v) is 4.69. The Morgan fingerprint density at radius 1 is 1.25 bits per heavy atom. The van der Waals surface area contributed by atoms with Gasteiger partial charge in [-0.25, -0.2) is 4.98 Å². The molecular weight excluding hydrogens is 246 g/mol. The van der Waals surface area contributed by atoms with Gasteiger partial charge in [-0.3, -0.25) is 0 Å². The maximum Gasteiger partial charge on any atom is 0.127 e. The summed E-state index contributed by atoms with van der Waals surface area (Å²) in [6.45, 7) is 11.1. The van der Waals surface area contributed by atoms with Crippen LogP contribution in [0.25, 0.3) is 0 Å². The van der Waals surface area contributed by atoms with E-state index in [9.17, 15) is 0 Å². The monoisotopic (exact) mass is 277 g/mol. The molecule has 1 aromatic rings. The van der Waals surface area contributed by atoms with E-state index in [4.69, 9.17) is 10.7 Å². The summed E-state index contributed by atoms with van der Waals surface area (Å²) in [6.07, 6.45) is 7.68. The van der Waals surface area contributed by atoms with E-state index >= 15 is 0 Å². The zero-order valence-corrected chi connectivity index (χ0v) is 13.9. The number of hydrogen-bond acceptors (Lipinski definition) is 2. The van der Waals surface area contributed by atoms with Crippen molar-refractivity contribution in [1.82, 2.24) is 9.55 Å². The number of anilines is 1. The summed E-state index contributed by atoms with van der Waals surface area (Å²) in [5.41, 5.74) is 7.60. The van der Waals surface area contributed by atoms with E-state index in [1.54, 1.807) is 0 Å². The van der Waals surface area contributed by atoms with Crippen LogP contribution in [0.4, 0.5) is 5.82 Å². The highest BCUT2D eigenvalue weighted by atomic mass is 15.2. The van der Waals surface area contributed by atoms with Crippen LogP contribution >= 0.6 is 0 Å². The molecule has 1 atom stereocenters. The Hall–Kier alpha value is -0.990. The minimum atomic E-state index is 0.00950. The molecule has 1 heterocycles. The number of nitrogens with zero attached hydrogens (tertiary/aromatic N) is 2. The van der Waals surface area contributed by atoms with Gasteiger partial charge in [-0.1, -0.05) is 33.1 Å². The second-order valence-corrected chi connectivity index (χ2v) is 7.39. The quantitative estimate of drug-likeness (QED) is 0.864. The summed E-state index contributed by atoms with van der Waals surface area (Å²) in [6, 6.07) is 0. The van der Waals surface area contributed by atoms with E-state index in [2.05, 4.69) is 39.2 Å². The predicted octanol–water partition coefficient (Wildman–Crippen LogP) is 4.78. The van der Waals surface area contributed by atoms with Gasteiger partial charge in [0.1, 0.15) is 11.6 Å². The Balaban J connectivity index is 2.48. The number of hydrogen-bond donors (Lipinski definition) is 1. The minimum absolute atomic E-state index is 0.00950. The van der Waals surface area contributed by atoms with E-state index in [1.165, 1.54) is 37.9 Å². The molecule has 3 nitrogen and oxygen atoms in total. The van der Waals surface area contributed by atoms with Crippen LogP contribution in [0, 0.1) is 0 Å². The molecule has 0 spiro atoms. The molecule has 0 amide bonds. The minimum Gasteiger partial charge on any atom is -0.384 e. The van der Waals surface area contributed by atoms with Crippen LogP contribution < -0.4 is 5.73 Å². The highest BCUT2D eigenvalue weighted by Crippen LogP contribution is 2.38. The summed E-state index contributed by atoms with van der Waals surface area (Å²) in [5, 5.41) is 0. The van der Waals surface area contributed by atoms with Crippen LogP contribution in [0.3, 0.4) is 0 Å². The Morgan fingerprint density at radius 2 is 1.85 bits per heavy atom. The first-order valence-electron chi connectivity index (χ1n) is 8.24. The lowest BCUT2D eigenvalue weighted by Crippen LogP contribution is -2.27. The van der Waals surface area contributed by atoms with Crippen molar-refractivity contribution >= 4 is 5.82 Å². The van der Waals surface area contributed by atoms with Gasteiger partial charge < -0.3 is 10.3 Å². The zero-order chi connectivity index (χ0) is 14.9.